The number of halogens is 3. The fraction of sp³-hybridized carbons (Fsp3) is 1.00. The first kappa shape index (κ1) is 7.90. The summed E-state index contributed by atoms with van der Waals surface area (Å²) in [6.07, 6.45) is -3.37. The van der Waals surface area contributed by atoms with Crippen molar-refractivity contribution in [2.45, 2.75) is 11.9 Å². The minimum Gasteiger partial charge on any atom is -0.304 e. The smallest absolute Gasteiger partial charge is 0.283 e. The summed E-state index contributed by atoms with van der Waals surface area (Å²) >= 11 is -3.06. The van der Waals surface area contributed by atoms with Crippen molar-refractivity contribution >= 4 is 11.1 Å². The second-order valence-corrected chi connectivity index (χ2v) is 1.96. The Labute approximate surface area is 46.0 Å². The van der Waals surface area contributed by atoms with Crippen molar-refractivity contribution in [1.29, 1.82) is 0 Å². The number of alkyl halides is 3. The Hall–Kier alpha value is -0.100. The lowest BCUT2D eigenvalue weighted by atomic mass is 10.8. The van der Waals surface area contributed by atoms with Gasteiger partial charge in [0, 0.05) is 0 Å². The van der Waals surface area contributed by atoms with Gasteiger partial charge in [-0.2, -0.15) is 0 Å². The van der Waals surface area contributed by atoms with E-state index in [-0.39, 0.29) is 0 Å². The average Bonchev–Trinajstić information content (AvgIpc) is 1.64. The Morgan fingerprint density at radius 2 is 1.75 bits per heavy atom. The van der Waals surface area contributed by atoms with Gasteiger partial charge in [-0.25, -0.2) is 17.4 Å². The van der Waals surface area contributed by atoms with Crippen LogP contribution in [0.5, 0.6) is 0 Å². The second-order valence-electron chi connectivity index (χ2n) is 0.962. The highest BCUT2D eigenvalue weighted by Crippen LogP contribution is 2.06. The van der Waals surface area contributed by atoms with E-state index in [1.54, 1.807) is 0 Å². The molecule has 1 N–H and O–H groups in total. The molecule has 0 aliphatic heterocycles. The summed E-state index contributed by atoms with van der Waals surface area (Å²) in [6.45, 7) is 0. The van der Waals surface area contributed by atoms with E-state index >= 15 is 0 Å². The molecule has 0 heterocycles. The number of hydrogen-bond donors (Lipinski definition) is 1. The molecular formula is C2H3F3O2S. The molecule has 0 saturated carbocycles. The van der Waals surface area contributed by atoms with Crippen LogP contribution < -0.4 is 0 Å². The molecule has 8 heavy (non-hydrogen) atoms. The van der Waals surface area contributed by atoms with Crippen molar-refractivity contribution in [2.24, 2.45) is 0 Å². The normalized spacial score (nSPS) is 18.6. The van der Waals surface area contributed by atoms with Gasteiger partial charge in [-0.3, -0.25) is 0 Å². The molecule has 2 nitrogen and oxygen atoms in total. The molecule has 50 valence electrons. The highest BCUT2D eigenvalue weighted by Gasteiger charge is 2.24. The summed E-state index contributed by atoms with van der Waals surface area (Å²) in [5, 5.41) is 0. The van der Waals surface area contributed by atoms with Gasteiger partial charge in [-0.1, -0.05) is 0 Å². The summed E-state index contributed by atoms with van der Waals surface area (Å²) in [5.41, 5.74) is -2.94. The summed E-state index contributed by atoms with van der Waals surface area (Å²) in [6, 6.07) is 0. The molecule has 0 aromatic heterocycles. The Morgan fingerprint density at radius 3 is 1.75 bits per heavy atom. The molecule has 0 saturated heterocycles. The third kappa shape index (κ3) is 2.27. The molecule has 0 amide bonds. The Balaban J connectivity index is 3.64. The van der Waals surface area contributed by atoms with Crippen LogP contribution in [-0.2, 0) is 11.1 Å². The maximum absolute atomic E-state index is 11.3. The van der Waals surface area contributed by atoms with E-state index in [2.05, 4.69) is 0 Å². The zero-order valence-corrected chi connectivity index (χ0v) is 4.37. The van der Waals surface area contributed by atoms with E-state index in [0.29, 0.717) is 0 Å². The van der Waals surface area contributed by atoms with Crippen LogP contribution in [0.15, 0.2) is 0 Å². The van der Waals surface area contributed by atoms with E-state index in [1.165, 1.54) is 0 Å². The summed E-state index contributed by atoms with van der Waals surface area (Å²) in [4.78, 5) is 0. The number of rotatable bonds is 2. The first-order valence-corrected chi connectivity index (χ1v) is 2.74. The van der Waals surface area contributed by atoms with Crippen LogP contribution in [0.1, 0.15) is 0 Å². The molecule has 0 spiro atoms. The van der Waals surface area contributed by atoms with E-state index in [4.69, 9.17) is 4.55 Å². The maximum atomic E-state index is 11.3. The predicted molar refractivity (Wildman–Crippen MR) is 21.7 cm³/mol. The molecular weight excluding hydrogens is 145 g/mol. The fourth-order valence-corrected chi connectivity index (χ4v) is 0.264. The fourth-order valence-electron chi connectivity index (χ4n) is 0.0880. The van der Waals surface area contributed by atoms with Crippen LogP contribution >= 0.6 is 0 Å². The van der Waals surface area contributed by atoms with Gasteiger partial charge in [0.15, 0.2) is 11.1 Å². The Kier molecular flexibility index (Phi) is 2.99. The summed E-state index contributed by atoms with van der Waals surface area (Å²) < 4.78 is 50.3. The van der Waals surface area contributed by atoms with Crippen molar-refractivity contribution in [3.8, 4) is 0 Å². The second kappa shape index (κ2) is 3.03. The van der Waals surface area contributed by atoms with Crippen LogP contribution in [0.3, 0.4) is 0 Å². The quantitative estimate of drug-likeness (QED) is 0.587. The Morgan fingerprint density at radius 1 is 1.38 bits per heavy atom. The average molecular weight is 148 g/mol. The lowest BCUT2D eigenvalue weighted by Crippen LogP contribution is -2.17. The van der Waals surface area contributed by atoms with E-state index < -0.39 is 23.0 Å². The summed E-state index contributed by atoms with van der Waals surface area (Å²) in [5.74, 6) is 0. The maximum Gasteiger partial charge on any atom is 0.283 e. The van der Waals surface area contributed by atoms with Gasteiger partial charge in [0.1, 0.15) is 0 Å². The van der Waals surface area contributed by atoms with Crippen LogP contribution in [0.2, 0.25) is 0 Å². The number of hydrogen-bond acceptors (Lipinski definition) is 1. The van der Waals surface area contributed by atoms with Crippen molar-refractivity contribution in [3.63, 3.8) is 0 Å². The minimum absolute atomic E-state index is 2.94. The molecule has 0 radical (unpaired) electrons. The molecule has 0 bridgehead atoms. The third-order valence-electron chi connectivity index (χ3n) is 0.391. The SMILES string of the molecule is O=S(O)C(F)C(F)F. The van der Waals surface area contributed by atoms with Gasteiger partial charge in [0.05, 0.1) is 0 Å². The lowest BCUT2D eigenvalue weighted by Gasteiger charge is -1.97. The van der Waals surface area contributed by atoms with Crippen LogP contribution in [0, 0.1) is 0 Å². The van der Waals surface area contributed by atoms with Gasteiger partial charge < -0.3 is 4.55 Å². The van der Waals surface area contributed by atoms with Crippen molar-refractivity contribution < 1.29 is 21.9 Å². The zero-order chi connectivity index (χ0) is 6.73. The molecule has 2 atom stereocenters. The molecule has 0 aliphatic rings. The van der Waals surface area contributed by atoms with Crippen molar-refractivity contribution in [3.05, 3.63) is 0 Å². The standard InChI is InChI=1S/C2H3F3O2S/c3-1(4)2(5)8(6)7/h1-2H,(H,6,7). The lowest BCUT2D eigenvalue weighted by molar-refractivity contribution is 0.0895. The molecule has 0 fully saturated rings. The van der Waals surface area contributed by atoms with Gasteiger partial charge in [-0.05, 0) is 0 Å². The minimum atomic E-state index is -3.37. The van der Waals surface area contributed by atoms with Crippen LogP contribution in [-0.4, -0.2) is 20.7 Å². The molecule has 0 aromatic carbocycles. The molecule has 0 aromatic rings. The monoisotopic (exact) mass is 148 g/mol. The van der Waals surface area contributed by atoms with Crippen LogP contribution in [0.25, 0.3) is 0 Å². The van der Waals surface area contributed by atoms with Gasteiger partial charge in [0.25, 0.3) is 11.9 Å². The first-order valence-electron chi connectivity index (χ1n) is 1.57. The largest absolute Gasteiger partial charge is 0.304 e. The van der Waals surface area contributed by atoms with Crippen molar-refractivity contribution in [1.82, 2.24) is 0 Å². The third-order valence-corrected chi connectivity index (χ3v) is 0.982. The van der Waals surface area contributed by atoms with Gasteiger partial charge >= 0.3 is 0 Å². The highest BCUT2D eigenvalue weighted by molar-refractivity contribution is 7.79. The van der Waals surface area contributed by atoms with E-state index in [1.807, 2.05) is 0 Å². The van der Waals surface area contributed by atoms with E-state index in [0.717, 1.165) is 0 Å². The van der Waals surface area contributed by atoms with Crippen molar-refractivity contribution in [2.75, 3.05) is 0 Å². The molecule has 0 rings (SSSR count). The topological polar surface area (TPSA) is 37.3 Å². The molecule has 2 unspecified atom stereocenters. The van der Waals surface area contributed by atoms with Gasteiger partial charge in [-0.15, -0.1) is 0 Å². The Bertz CT molecular complexity index is 95.3. The van der Waals surface area contributed by atoms with Crippen LogP contribution in [0.4, 0.5) is 13.2 Å². The predicted octanol–water partition coefficient (Wildman–Crippen LogP) is 0.769. The zero-order valence-electron chi connectivity index (χ0n) is 3.55. The highest BCUT2D eigenvalue weighted by atomic mass is 32.2. The van der Waals surface area contributed by atoms with Gasteiger partial charge in [0.2, 0.25) is 0 Å². The first-order chi connectivity index (χ1) is 3.55. The summed E-state index contributed by atoms with van der Waals surface area (Å²) in [7, 11) is 0. The molecule has 6 heteroatoms. The molecule has 0 aliphatic carbocycles. The van der Waals surface area contributed by atoms with E-state index in [9.17, 15) is 17.4 Å².